The maximum Gasteiger partial charge on any atom is 0.326 e. The van der Waals surface area contributed by atoms with Crippen molar-refractivity contribution >= 4 is 5.97 Å². The molecule has 1 fully saturated rings. The van der Waals surface area contributed by atoms with Crippen molar-refractivity contribution in [1.82, 2.24) is 0 Å². The molecule has 0 aliphatic heterocycles. The summed E-state index contributed by atoms with van der Waals surface area (Å²) in [4.78, 5) is 12.2. The van der Waals surface area contributed by atoms with Gasteiger partial charge in [0.25, 0.3) is 0 Å². The van der Waals surface area contributed by atoms with Crippen LogP contribution in [0.4, 0.5) is 0 Å². The third kappa shape index (κ3) is 3.40. The van der Waals surface area contributed by atoms with Crippen LogP contribution in [0, 0.1) is 5.92 Å². The maximum absolute atomic E-state index is 12.2. The molecule has 1 aromatic rings. The number of hydrogen-bond donors (Lipinski definition) is 1. The van der Waals surface area contributed by atoms with Crippen LogP contribution in [-0.4, -0.2) is 18.1 Å². The van der Waals surface area contributed by atoms with E-state index in [2.05, 4.69) is 24.3 Å². The van der Waals surface area contributed by atoms with Crippen LogP contribution in [0.1, 0.15) is 44.6 Å². The van der Waals surface area contributed by atoms with Crippen molar-refractivity contribution in [3.8, 4) is 0 Å². The minimum atomic E-state index is -0.775. The van der Waals surface area contributed by atoms with Gasteiger partial charge in [-0.25, -0.2) is 0 Å². The highest BCUT2D eigenvalue weighted by Crippen LogP contribution is 2.36. The smallest absolute Gasteiger partial charge is 0.326 e. The lowest BCUT2D eigenvalue weighted by Crippen LogP contribution is -2.56. The number of esters is 1. The molecule has 0 bridgehead atoms. The summed E-state index contributed by atoms with van der Waals surface area (Å²) >= 11 is 0. The molecule has 0 heterocycles. The van der Waals surface area contributed by atoms with E-state index in [1.807, 2.05) is 13.0 Å². The first-order valence-corrected chi connectivity index (χ1v) is 7.67. The van der Waals surface area contributed by atoms with Crippen LogP contribution in [0.15, 0.2) is 30.3 Å². The number of nitrogens with two attached hydrogens (primary N) is 1. The van der Waals surface area contributed by atoms with Crippen molar-refractivity contribution in [3.63, 3.8) is 0 Å². The number of ether oxygens (including phenoxy) is 1. The predicted molar refractivity (Wildman–Crippen MR) is 80.3 cm³/mol. The molecular weight excluding hydrogens is 250 g/mol. The molecule has 2 unspecified atom stereocenters. The number of rotatable bonds is 5. The van der Waals surface area contributed by atoms with Gasteiger partial charge in [0.05, 0.1) is 6.61 Å². The van der Waals surface area contributed by atoms with Gasteiger partial charge >= 0.3 is 5.97 Å². The molecule has 3 nitrogen and oxygen atoms in total. The Balaban J connectivity index is 2.01. The summed E-state index contributed by atoms with van der Waals surface area (Å²) in [5, 5.41) is 0. The first kappa shape index (κ1) is 15.0. The molecule has 0 aromatic heterocycles. The van der Waals surface area contributed by atoms with Crippen LogP contribution in [-0.2, 0) is 16.0 Å². The SMILES string of the molecule is CCOC(=O)C1(N)CCCCC1CCc1ccccc1. The summed E-state index contributed by atoms with van der Waals surface area (Å²) in [5.74, 6) is 0.0215. The van der Waals surface area contributed by atoms with Gasteiger partial charge in [0.1, 0.15) is 5.54 Å². The molecule has 1 saturated carbocycles. The topological polar surface area (TPSA) is 52.3 Å². The Kier molecular flexibility index (Phi) is 5.18. The number of aryl methyl sites for hydroxylation is 1. The van der Waals surface area contributed by atoms with Gasteiger partial charge in [-0.15, -0.1) is 0 Å². The Bertz CT molecular complexity index is 432. The van der Waals surface area contributed by atoms with E-state index < -0.39 is 5.54 Å². The van der Waals surface area contributed by atoms with Crippen LogP contribution < -0.4 is 5.73 Å². The number of carbonyl (C=O) groups excluding carboxylic acids is 1. The third-order valence-corrected chi connectivity index (χ3v) is 4.40. The molecule has 0 saturated heterocycles. The van der Waals surface area contributed by atoms with Gasteiger partial charge in [0.2, 0.25) is 0 Å². The van der Waals surface area contributed by atoms with Crippen LogP contribution in [0.25, 0.3) is 0 Å². The molecule has 2 atom stereocenters. The van der Waals surface area contributed by atoms with Crippen molar-refractivity contribution in [2.45, 2.75) is 51.0 Å². The second kappa shape index (κ2) is 6.89. The highest BCUT2D eigenvalue weighted by Gasteiger charge is 2.44. The van der Waals surface area contributed by atoms with E-state index in [-0.39, 0.29) is 11.9 Å². The van der Waals surface area contributed by atoms with Crippen molar-refractivity contribution in [2.24, 2.45) is 11.7 Å². The fourth-order valence-corrected chi connectivity index (χ4v) is 3.19. The molecule has 110 valence electrons. The average molecular weight is 275 g/mol. The van der Waals surface area contributed by atoms with Crippen LogP contribution in [0.2, 0.25) is 0 Å². The fraction of sp³-hybridized carbons (Fsp3) is 0.588. The Labute approximate surface area is 121 Å². The second-order valence-corrected chi connectivity index (χ2v) is 5.73. The molecule has 0 amide bonds. The molecule has 3 heteroatoms. The van der Waals surface area contributed by atoms with Crippen molar-refractivity contribution < 1.29 is 9.53 Å². The standard InChI is InChI=1S/C17H25NO2/c1-2-20-16(19)17(18)13-7-6-10-15(17)12-11-14-8-4-3-5-9-14/h3-5,8-9,15H,2,6-7,10-13,18H2,1H3. The molecule has 0 radical (unpaired) electrons. The number of hydrogen-bond acceptors (Lipinski definition) is 3. The van der Waals surface area contributed by atoms with Crippen LogP contribution in [0.3, 0.4) is 0 Å². The largest absolute Gasteiger partial charge is 0.465 e. The molecular formula is C17H25NO2. The zero-order valence-electron chi connectivity index (χ0n) is 12.3. The normalized spacial score (nSPS) is 26.2. The van der Waals surface area contributed by atoms with Gasteiger partial charge in [0, 0.05) is 0 Å². The Morgan fingerprint density at radius 1 is 1.35 bits per heavy atom. The van der Waals surface area contributed by atoms with Crippen LogP contribution in [0.5, 0.6) is 0 Å². The van der Waals surface area contributed by atoms with E-state index in [1.165, 1.54) is 5.56 Å². The summed E-state index contributed by atoms with van der Waals surface area (Å²) in [6, 6.07) is 10.4. The summed E-state index contributed by atoms with van der Waals surface area (Å²) in [6.45, 7) is 2.24. The molecule has 1 aromatic carbocycles. The van der Waals surface area contributed by atoms with E-state index in [9.17, 15) is 4.79 Å². The molecule has 20 heavy (non-hydrogen) atoms. The summed E-state index contributed by atoms with van der Waals surface area (Å²) in [6.07, 6.45) is 5.91. The predicted octanol–water partition coefficient (Wildman–Crippen LogP) is 3.07. The van der Waals surface area contributed by atoms with E-state index in [4.69, 9.17) is 10.5 Å². The molecule has 2 rings (SSSR count). The van der Waals surface area contributed by atoms with Crippen molar-refractivity contribution in [1.29, 1.82) is 0 Å². The molecule has 1 aliphatic carbocycles. The van der Waals surface area contributed by atoms with Gasteiger partial charge in [-0.05, 0) is 44.1 Å². The Morgan fingerprint density at radius 3 is 2.80 bits per heavy atom. The van der Waals surface area contributed by atoms with Gasteiger partial charge in [-0.3, -0.25) is 4.79 Å². The van der Waals surface area contributed by atoms with Gasteiger partial charge in [-0.2, -0.15) is 0 Å². The zero-order chi connectivity index (χ0) is 14.4. The first-order valence-electron chi connectivity index (χ1n) is 7.67. The lowest BCUT2D eigenvalue weighted by Gasteiger charge is -2.39. The van der Waals surface area contributed by atoms with Gasteiger partial charge < -0.3 is 10.5 Å². The van der Waals surface area contributed by atoms with Crippen molar-refractivity contribution in [3.05, 3.63) is 35.9 Å². The lowest BCUT2D eigenvalue weighted by atomic mass is 9.71. The molecule has 2 N–H and O–H groups in total. The fourth-order valence-electron chi connectivity index (χ4n) is 3.19. The second-order valence-electron chi connectivity index (χ2n) is 5.73. The van der Waals surface area contributed by atoms with E-state index in [0.717, 1.165) is 38.5 Å². The summed E-state index contributed by atoms with van der Waals surface area (Å²) in [7, 11) is 0. The number of carbonyl (C=O) groups is 1. The number of benzene rings is 1. The Morgan fingerprint density at radius 2 is 2.10 bits per heavy atom. The third-order valence-electron chi connectivity index (χ3n) is 4.40. The van der Waals surface area contributed by atoms with E-state index >= 15 is 0 Å². The minimum absolute atomic E-state index is 0.210. The molecule has 0 spiro atoms. The monoisotopic (exact) mass is 275 g/mol. The maximum atomic E-state index is 12.2. The average Bonchev–Trinajstić information content (AvgIpc) is 2.48. The van der Waals surface area contributed by atoms with Crippen molar-refractivity contribution in [2.75, 3.05) is 6.61 Å². The minimum Gasteiger partial charge on any atom is -0.465 e. The van der Waals surface area contributed by atoms with E-state index in [0.29, 0.717) is 6.61 Å². The first-order chi connectivity index (χ1) is 9.66. The summed E-state index contributed by atoms with van der Waals surface area (Å²) in [5.41, 5.74) is 6.96. The highest BCUT2D eigenvalue weighted by atomic mass is 16.5. The van der Waals surface area contributed by atoms with E-state index in [1.54, 1.807) is 0 Å². The zero-order valence-corrected chi connectivity index (χ0v) is 12.3. The lowest BCUT2D eigenvalue weighted by molar-refractivity contribution is -0.153. The van der Waals surface area contributed by atoms with Crippen LogP contribution >= 0.6 is 0 Å². The molecule has 1 aliphatic rings. The quantitative estimate of drug-likeness (QED) is 0.840. The highest BCUT2D eigenvalue weighted by molar-refractivity contribution is 5.81. The van der Waals surface area contributed by atoms with Gasteiger partial charge in [0.15, 0.2) is 0 Å². The van der Waals surface area contributed by atoms with Gasteiger partial charge in [-0.1, -0.05) is 43.2 Å². The Hall–Kier alpha value is -1.35. The summed E-state index contributed by atoms with van der Waals surface area (Å²) < 4.78 is 5.20.